The molecule has 0 aliphatic heterocycles. The second-order valence-corrected chi connectivity index (χ2v) is 7.14. The second kappa shape index (κ2) is 9.09. The van der Waals surface area contributed by atoms with Crippen LogP contribution in [-0.4, -0.2) is 17.0 Å². The standard InChI is InChI=1S/C27H21NO3/c29-26(21-11-3-1-4-12-21)28(23-14-5-2-6-15-23)19-20-10-9-13-22(18-20)24-16-7-8-17-25(24)27(30)31/h1-18H,19H2,(H,30,31). The third-order valence-corrected chi connectivity index (χ3v) is 5.07. The van der Waals surface area contributed by atoms with Gasteiger partial charge in [0.05, 0.1) is 12.1 Å². The molecule has 0 bridgehead atoms. The molecule has 0 spiro atoms. The van der Waals surface area contributed by atoms with Gasteiger partial charge in [0.2, 0.25) is 0 Å². The summed E-state index contributed by atoms with van der Waals surface area (Å²) in [4.78, 5) is 26.7. The van der Waals surface area contributed by atoms with E-state index in [4.69, 9.17) is 0 Å². The first-order valence-corrected chi connectivity index (χ1v) is 9.97. The summed E-state index contributed by atoms with van der Waals surface area (Å²) >= 11 is 0. The quantitative estimate of drug-likeness (QED) is 0.433. The molecule has 0 aromatic heterocycles. The van der Waals surface area contributed by atoms with Crippen molar-refractivity contribution in [3.8, 4) is 11.1 Å². The van der Waals surface area contributed by atoms with Crippen molar-refractivity contribution in [3.63, 3.8) is 0 Å². The summed E-state index contributed by atoms with van der Waals surface area (Å²) < 4.78 is 0. The van der Waals surface area contributed by atoms with Gasteiger partial charge in [-0.25, -0.2) is 4.79 Å². The number of benzene rings is 4. The smallest absolute Gasteiger partial charge is 0.336 e. The van der Waals surface area contributed by atoms with E-state index in [0.29, 0.717) is 17.7 Å². The number of para-hydroxylation sites is 1. The zero-order valence-electron chi connectivity index (χ0n) is 16.8. The van der Waals surface area contributed by atoms with Gasteiger partial charge in [0.15, 0.2) is 0 Å². The predicted octanol–water partition coefficient (Wildman–Crippen LogP) is 5.90. The average molecular weight is 407 g/mol. The van der Waals surface area contributed by atoms with Gasteiger partial charge in [-0.2, -0.15) is 0 Å². The third kappa shape index (κ3) is 4.54. The Kier molecular flexibility index (Phi) is 5.90. The molecule has 0 unspecified atom stereocenters. The van der Waals surface area contributed by atoms with Gasteiger partial charge in [-0.3, -0.25) is 4.79 Å². The van der Waals surface area contributed by atoms with Crippen molar-refractivity contribution in [2.45, 2.75) is 6.54 Å². The summed E-state index contributed by atoms with van der Waals surface area (Å²) in [6, 6.07) is 33.3. The van der Waals surface area contributed by atoms with E-state index in [0.717, 1.165) is 16.8 Å². The minimum atomic E-state index is -0.967. The summed E-state index contributed by atoms with van der Waals surface area (Å²) in [5.74, 6) is -1.06. The van der Waals surface area contributed by atoms with Crippen molar-refractivity contribution in [1.82, 2.24) is 0 Å². The molecule has 1 N–H and O–H groups in total. The number of anilines is 1. The first kappa shape index (κ1) is 20.1. The van der Waals surface area contributed by atoms with Crippen LogP contribution in [0.4, 0.5) is 5.69 Å². The Bertz CT molecular complexity index is 1200. The van der Waals surface area contributed by atoms with Crippen molar-refractivity contribution in [2.24, 2.45) is 0 Å². The molecular formula is C27H21NO3. The third-order valence-electron chi connectivity index (χ3n) is 5.07. The summed E-state index contributed by atoms with van der Waals surface area (Å²) in [7, 11) is 0. The maximum Gasteiger partial charge on any atom is 0.336 e. The summed E-state index contributed by atoms with van der Waals surface area (Å²) in [6.45, 7) is 0.362. The molecule has 152 valence electrons. The highest BCUT2D eigenvalue weighted by atomic mass is 16.4. The monoisotopic (exact) mass is 407 g/mol. The summed E-state index contributed by atoms with van der Waals surface area (Å²) in [5, 5.41) is 9.54. The van der Waals surface area contributed by atoms with Crippen LogP contribution in [0, 0.1) is 0 Å². The normalized spacial score (nSPS) is 10.5. The molecule has 4 aromatic carbocycles. The van der Waals surface area contributed by atoms with Gasteiger partial charge in [-0.15, -0.1) is 0 Å². The molecule has 1 amide bonds. The number of nitrogens with zero attached hydrogens (tertiary/aromatic N) is 1. The van der Waals surface area contributed by atoms with Crippen LogP contribution in [0.5, 0.6) is 0 Å². The van der Waals surface area contributed by atoms with E-state index < -0.39 is 5.97 Å². The number of rotatable bonds is 6. The van der Waals surface area contributed by atoms with Gasteiger partial charge in [0.1, 0.15) is 0 Å². The van der Waals surface area contributed by atoms with E-state index >= 15 is 0 Å². The van der Waals surface area contributed by atoms with Crippen LogP contribution in [0.2, 0.25) is 0 Å². The number of hydrogen-bond donors (Lipinski definition) is 1. The van der Waals surface area contributed by atoms with Crippen LogP contribution >= 0.6 is 0 Å². The van der Waals surface area contributed by atoms with Crippen molar-refractivity contribution in [2.75, 3.05) is 4.90 Å². The van der Waals surface area contributed by atoms with Gasteiger partial charge in [0, 0.05) is 11.3 Å². The van der Waals surface area contributed by atoms with Crippen molar-refractivity contribution in [1.29, 1.82) is 0 Å². The number of carbonyl (C=O) groups is 2. The lowest BCUT2D eigenvalue weighted by atomic mass is 9.98. The van der Waals surface area contributed by atoms with E-state index in [1.165, 1.54) is 0 Å². The maximum atomic E-state index is 13.3. The summed E-state index contributed by atoms with van der Waals surface area (Å²) in [6.07, 6.45) is 0. The lowest BCUT2D eigenvalue weighted by Crippen LogP contribution is -2.30. The van der Waals surface area contributed by atoms with Gasteiger partial charge in [-0.05, 0) is 53.1 Å². The number of aromatic carboxylic acids is 1. The van der Waals surface area contributed by atoms with Crippen LogP contribution in [-0.2, 0) is 6.54 Å². The van der Waals surface area contributed by atoms with E-state index in [1.54, 1.807) is 35.2 Å². The molecule has 4 aromatic rings. The minimum Gasteiger partial charge on any atom is -0.478 e. The van der Waals surface area contributed by atoms with Crippen molar-refractivity contribution >= 4 is 17.6 Å². The molecule has 4 nitrogen and oxygen atoms in total. The fourth-order valence-electron chi connectivity index (χ4n) is 3.57. The van der Waals surface area contributed by atoms with Crippen LogP contribution < -0.4 is 4.90 Å². The molecular weight excluding hydrogens is 386 g/mol. The first-order chi connectivity index (χ1) is 15.1. The molecule has 0 saturated heterocycles. The highest BCUT2D eigenvalue weighted by Crippen LogP contribution is 2.26. The topological polar surface area (TPSA) is 57.6 Å². The van der Waals surface area contributed by atoms with Crippen LogP contribution in [0.15, 0.2) is 109 Å². The van der Waals surface area contributed by atoms with Crippen LogP contribution in [0.3, 0.4) is 0 Å². The fraction of sp³-hybridized carbons (Fsp3) is 0.0370. The van der Waals surface area contributed by atoms with E-state index in [-0.39, 0.29) is 11.5 Å². The molecule has 0 saturated carbocycles. The molecule has 0 heterocycles. The first-order valence-electron chi connectivity index (χ1n) is 9.97. The second-order valence-electron chi connectivity index (χ2n) is 7.14. The largest absolute Gasteiger partial charge is 0.478 e. The van der Waals surface area contributed by atoms with Crippen LogP contribution in [0.25, 0.3) is 11.1 Å². The Balaban J connectivity index is 1.71. The number of carboxylic acid groups (broad SMARTS) is 1. The zero-order valence-corrected chi connectivity index (χ0v) is 16.8. The molecule has 0 radical (unpaired) electrons. The summed E-state index contributed by atoms with van der Waals surface area (Å²) in [5.41, 5.74) is 4.02. The van der Waals surface area contributed by atoms with E-state index in [9.17, 15) is 14.7 Å². The molecule has 0 fully saturated rings. The molecule has 0 aliphatic rings. The Labute approximate surface area is 181 Å². The van der Waals surface area contributed by atoms with Gasteiger partial charge >= 0.3 is 5.97 Å². The highest BCUT2D eigenvalue weighted by Gasteiger charge is 2.18. The Morgan fingerprint density at radius 1 is 0.710 bits per heavy atom. The molecule has 4 heteroatoms. The molecule has 0 atom stereocenters. The number of carbonyl (C=O) groups excluding carboxylic acids is 1. The fourth-order valence-corrected chi connectivity index (χ4v) is 3.57. The maximum absolute atomic E-state index is 13.3. The Morgan fingerprint density at radius 3 is 2.06 bits per heavy atom. The van der Waals surface area contributed by atoms with Crippen molar-refractivity contribution in [3.05, 3.63) is 126 Å². The molecule has 31 heavy (non-hydrogen) atoms. The number of amides is 1. The Hall–Kier alpha value is -4.18. The lowest BCUT2D eigenvalue weighted by Gasteiger charge is -2.23. The lowest BCUT2D eigenvalue weighted by molar-refractivity contribution is 0.0697. The van der Waals surface area contributed by atoms with Crippen molar-refractivity contribution < 1.29 is 14.7 Å². The average Bonchev–Trinajstić information content (AvgIpc) is 2.83. The van der Waals surface area contributed by atoms with E-state index in [1.807, 2.05) is 78.9 Å². The number of carboxylic acids is 1. The zero-order chi connectivity index (χ0) is 21.6. The van der Waals surface area contributed by atoms with Gasteiger partial charge in [0.25, 0.3) is 5.91 Å². The van der Waals surface area contributed by atoms with Gasteiger partial charge < -0.3 is 10.0 Å². The van der Waals surface area contributed by atoms with E-state index in [2.05, 4.69) is 0 Å². The predicted molar refractivity (Wildman–Crippen MR) is 122 cm³/mol. The number of hydrogen-bond acceptors (Lipinski definition) is 2. The Morgan fingerprint density at radius 2 is 1.35 bits per heavy atom. The molecule has 4 rings (SSSR count). The SMILES string of the molecule is O=C(O)c1ccccc1-c1cccc(CN(C(=O)c2ccccc2)c2ccccc2)c1. The molecule has 0 aliphatic carbocycles. The minimum absolute atomic E-state index is 0.0943. The highest BCUT2D eigenvalue weighted by molar-refractivity contribution is 6.06. The van der Waals surface area contributed by atoms with Gasteiger partial charge in [-0.1, -0.05) is 72.8 Å². The van der Waals surface area contributed by atoms with Crippen LogP contribution in [0.1, 0.15) is 26.3 Å².